The first kappa shape index (κ1) is 44.2. The smallest absolute Gasteiger partial charge is 0.230 e. The van der Waals surface area contributed by atoms with Gasteiger partial charge in [0.25, 0.3) is 0 Å². The fraction of sp³-hybridized carbons (Fsp3) is 0.932. The van der Waals surface area contributed by atoms with E-state index >= 15 is 0 Å². The Morgan fingerprint density at radius 3 is 1.49 bits per heavy atom. The molecule has 0 spiro atoms. The predicted molar refractivity (Wildman–Crippen MR) is 228 cm³/mol. The molecule has 4 unspecified atom stereocenters. The maximum Gasteiger partial charge on any atom is 0.230 e. The standard InChI is InChI=1S/C44H85N9/c1-20-21-24-53(33-27-39(8,9)48-40(10,11)28-33)36-46-34(37(2,3)4)45-35(47-36)51(18)31-25-41(12,13)49-43(16,29-31)22-23-44(17)30-32(26-42(14,15)50-44)52(19)38(5,6)7/h31-33,48-50H,20-30H2,1-19H3. The van der Waals surface area contributed by atoms with Crippen LogP contribution in [-0.4, -0.2) is 97.4 Å². The molecule has 1 aromatic heterocycles. The van der Waals surface area contributed by atoms with Crippen molar-refractivity contribution in [1.82, 2.24) is 35.8 Å². The summed E-state index contributed by atoms with van der Waals surface area (Å²) in [6.45, 7) is 40.9. The summed E-state index contributed by atoms with van der Waals surface area (Å²) in [6, 6.07) is 1.20. The Labute approximate surface area is 327 Å². The molecule has 4 heterocycles. The third kappa shape index (κ3) is 11.5. The van der Waals surface area contributed by atoms with E-state index in [1.54, 1.807) is 0 Å². The number of hydrogen-bond acceptors (Lipinski definition) is 9. The maximum atomic E-state index is 5.41. The van der Waals surface area contributed by atoms with Crippen LogP contribution in [-0.2, 0) is 5.41 Å². The third-order valence-corrected chi connectivity index (χ3v) is 12.7. The van der Waals surface area contributed by atoms with Crippen molar-refractivity contribution in [2.75, 3.05) is 30.4 Å². The van der Waals surface area contributed by atoms with E-state index in [0.717, 1.165) is 82.1 Å². The van der Waals surface area contributed by atoms with Crippen LogP contribution in [0.15, 0.2) is 0 Å². The largest absolute Gasteiger partial charge is 0.341 e. The van der Waals surface area contributed by atoms with Gasteiger partial charge in [-0.2, -0.15) is 15.0 Å². The molecular formula is C44H85N9. The molecule has 0 saturated carbocycles. The zero-order valence-electron chi connectivity index (χ0n) is 38.2. The minimum absolute atomic E-state index is 0.0246. The minimum atomic E-state index is -0.201. The van der Waals surface area contributed by atoms with E-state index in [1.807, 2.05) is 0 Å². The normalized spacial score (nSPS) is 30.3. The van der Waals surface area contributed by atoms with Gasteiger partial charge in [-0.05, 0) is 155 Å². The lowest BCUT2D eigenvalue weighted by molar-refractivity contribution is 0.0187. The summed E-state index contributed by atoms with van der Waals surface area (Å²) >= 11 is 0. The number of nitrogens with zero attached hydrogens (tertiary/aromatic N) is 6. The van der Waals surface area contributed by atoms with E-state index < -0.39 is 0 Å². The second-order valence-electron chi connectivity index (χ2n) is 23.2. The van der Waals surface area contributed by atoms with E-state index in [4.69, 9.17) is 15.0 Å². The SMILES string of the molecule is CCCCN(c1nc(N(C)C2CC(C)(C)NC(C)(CCC3(C)CC(N(C)C(C)(C)C)CC(C)(C)N3)C2)nc(C(C)(C)C)n1)C1CC(C)(C)NC(C)(C)C1. The number of hydrogen-bond donors (Lipinski definition) is 3. The van der Waals surface area contributed by atoms with Crippen LogP contribution in [0.3, 0.4) is 0 Å². The molecule has 3 aliphatic heterocycles. The molecule has 1 aromatic rings. The summed E-state index contributed by atoms with van der Waals surface area (Å²) in [6.07, 6.45) is 11.0. The Bertz CT molecular complexity index is 1370. The summed E-state index contributed by atoms with van der Waals surface area (Å²) in [4.78, 5) is 23.5. The Morgan fingerprint density at radius 1 is 0.585 bits per heavy atom. The fourth-order valence-electron chi connectivity index (χ4n) is 10.6. The number of nitrogens with one attached hydrogen (secondary N) is 3. The number of anilines is 2. The summed E-state index contributed by atoms with van der Waals surface area (Å²) < 4.78 is 0. The highest BCUT2D eigenvalue weighted by Gasteiger charge is 2.47. The molecule has 306 valence electrons. The van der Waals surface area contributed by atoms with Crippen LogP contribution in [0.5, 0.6) is 0 Å². The van der Waals surface area contributed by atoms with Crippen LogP contribution in [0.25, 0.3) is 0 Å². The van der Waals surface area contributed by atoms with E-state index in [2.05, 4.69) is 162 Å². The minimum Gasteiger partial charge on any atom is -0.341 e. The van der Waals surface area contributed by atoms with Crippen LogP contribution in [0.4, 0.5) is 11.9 Å². The number of aromatic nitrogens is 3. The first-order chi connectivity index (χ1) is 23.9. The van der Waals surface area contributed by atoms with Crippen molar-refractivity contribution < 1.29 is 0 Å². The van der Waals surface area contributed by atoms with Crippen LogP contribution in [0.1, 0.15) is 188 Å². The van der Waals surface area contributed by atoms with Gasteiger partial charge in [0.15, 0.2) is 0 Å². The molecule has 0 aliphatic carbocycles. The molecule has 3 fully saturated rings. The average Bonchev–Trinajstić information content (AvgIpc) is 2.95. The molecule has 0 aromatic carbocycles. The van der Waals surface area contributed by atoms with Gasteiger partial charge in [0.1, 0.15) is 5.82 Å². The third-order valence-electron chi connectivity index (χ3n) is 12.7. The van der Waals surface area contributed by atoms with Gasteiger partial charge in [0.05, 0.1) is 0 Å². The van der Waals surface area contributed by atoms with Crippen molar-refractivity contribution in [2.45, 2.75) is 244 Å². The number of rotatable bonds is 11. The summed E-state index contributed by atoms with van der Waals surface area (Å²) in [5, 5.41) is 12.2. The van der Waals surface area contributed by atoms with Crippen molar-refractivity contribution in [3.05, 3.63) is 5.82 Å². The Balaban J connectivity index is 1.65. The zero-order chi connectivity index (χ0) is 40.2. The molecule has 3 aliphatic rings. The van der Waals surface area contributed by atoms with Gasteiger partial charge >= 0.3 is 0 Å². The summed E-state index contributed by atoms with van der Waals surface area (Å²) in [5.41, 5.74) is 0.107. The second-order valence-corrected chi connectivity index (χ2v) is 23.2. The van der Waals surface area contributed by atoms with E-state index in [9.17, 15) is 0 Å². The maximum absolute atomic E-state index is 5.41. The topological polar surface area (TPSA) is 84.5 Å². The number of piperidine rings is 3. The fourth-order valence-corrected chi connectivity index (χ4v) is 10.6. The van der Waals surface area contributed by atoms with Crippen LogP contribution < -0.4 is 25.8 Å². The molecule has 0 bridgehead atoms. The monoisotopic (exact) mass is 740 g/mol. The average molecular weight is 740 g/mol. The van der Waals surface area contributed by atoms with Crippen molar-refractivity contribution in [3.8, 4) is 0 Å². The molecule has 4 atom stereocenters. The van der Waals surface area contributed by atoms with Gasteiger partial charge in [0.2, 0.25) is 11.9 Å². The molecule has 0 radical (unpaired) electrons. The highest BCUT2D eigenvalue weighted by atomic mass is 15.4. The molecule has 0 amide bonds. The van der Waals surface area contributed by atoms with Crippen LogP contribution in [0, 0.1) is 0 Å². The molecule has 9 heteroatoms. The van der Waals surface area contributed by atoms with Crippen molar-refractivity contribution in [3.63, 3.8) is 0 Å². The second kappa shape index (κ2) is 15.1. The molecule has 3 N–H and O–H groups in total. The van der Waals surface area contributed by atoms with Crippen molar-refractivity contribution in [1.29, 1.82) is 0 Å². The zero-order valence-corrected chi connectivity index (χ0v) is 38.2. The van der Waals surface area contributed by atoms with Crippen molar-refractivity contribution >= 4 is 11.9 Å². The number of unbranched alkanes of at least 4 members (excludes halogenated alkanes) is 1. The van der Waals surface area contributed by atoms with E-state index in [1.165, 1.54) is 6.42 Å². The van der Waals surface area contributed by atoms with Gasteiger partial charge in [-0.25, -0.2) is 0 Å². The van der Waals surface area contributed by atoms with E-state index in [0.29, 0.717) is 18.1 Å². The predicted octanol–water partition coefficient (Wildman–Crippen LogP) is 8.61. The lowest BCUT2D eigenvalue weighted by Crippen LogP contribution is -2.66. The molecule has 3 saturated heterocycles. The van der Waals surface area contributed by atoms with E-state index in [-0.39, 0.29) is 44.2 Å². The summed E-state index contributed by atoms with van der Waals surface area (Å²) in [5.74, 6) is 2.54. The van der Waals surface area contributed by atoms with Gasteiger partial charge in [0, 0.05) is 75.9 Å². The first-order valence-corrected chi connectivity index (χ1v) is 21.2. The Hall–Kier alpha value is -1.55. The van der Waals surface area contributed by atoms with Crippen LogP contribution >= 0.6 is 0 Å². The molecule has 9 nitrogen and oxygen atoms in total. The first-order valence-electron chi connectivity index (χ1n) is 21.2. The molecule has 4 rings (SSSR count). The van der Waals surface area contributed by atoms with Crippen LogP contribution in [0.2, 0.25) is 0 Å². The molecular weight excluding hydrogens is 655 g/mol. The van der Waals surface area contributed by atoms with Gasteiger partial charge in [-0.3, -0.25) is 4.90 Å². The highest BCUT2D eigenvalue weighted by Crippen LogP contribution is 2.41. The van der Waals surface area contributed by atoms with Gasteiger partial charge < -0.3 is 25.8 Å². The highest BCUT2D eigenvalue weighted by molar-refractivity contribution is 5.42. The summed E-state index contributed by atoms with van der Waals surface area (Å²) in [7, 11) is 4.57. The Morgan fingerprint density at radius 2 is 1.02 bits per heavy atom. The lowest BCUT2D eigenvalue weighted by Gasteiger charge is -2.55. The quantitative estimate of drug-likeness (QED) is 0.207. The lowest BCUT2D eigenvalue weighted by atomic mass is 9.71. The molecule has 53 heavy (non-hydrogen) atoms. The van der Waals surface area contributed by atoms with Gasteiger partial charge in [-0.15, -0.1) is 0 Å². The van der Waals surface area contributed by atoms with Crippen molar-refractivity contribution in [2.24, 2.45) is 0 Å². The van der Waals surface area contributed by atoms with Gasteiger partial charge in [-0.1, -0.05) is 34.1 Å². The Kier molecular flexibility index (Phi) is 12.6.